The Morgan fingerprint density at radius 2 is 2.17 bits per heavy atom. The van der Waals surface area contributed by atoms with E-state index in [1.807, 2.05) is 6.07 Å². The Morgan fingerprint density at radius 3 is 2.78 bits per heavy atom. The van der Waals surface area contributed by atoms with Gasteiger partial charge in [-0.2, -0.15) is 0 Å². The van der Waals surface area contributed by atoms with Gasteiger partial charge in [0.2, 0.25) is 0 Å². The van der Waals surface area contributed by atoms with Gasteiger partial charge in [0.15, 0.2) is 0 Å². The fourth-order valence-corrected chi connectivity index (χ4v) is 1.81. The molecule has 0 fully saturated rings. The molecule has 0 saturated heterocycles. The fraction of sp³-hybridized carbons (Fsp3) is 0.0833. The first-order valence-electron chi connectivity index (χ1n) is 5.18. The number of nitrogens with two attached hydrogens (primary N) is 1. The molecule has 0 aliphatic rings. The van der Waals surface area contributed by atoms with Crippen LogP contribution in [0.3, 0.4) is 0 Å². The molecular formula is C12H11BrFN3O. The lowest BCUT2D eigenvalue weighted by atomic mass is 10.3. The van der Waals surface area contributed by atoms with E-state index in [2.05, 4.69) is 26.3 Å². The molecule has 2 aromatic rings. The van der Waals surface area contributed by atoms with E-state index >= 15 is 0 Å². The molecule has 94 valence electrons. The molecule has 3 N–H and O–H groups in total. The summed E-state index contributed by atoms with van der Waals surface area (Å²) in [6.45, 7) is 0.349. The number of pyridine rings is 1. The van der Waals surface area contributed by atoms with Gasteiger partial charge >= 0.3 is 0 Å². The minimum atomic E-state index is -0.311. The minimum Gasteiger partial charge on any atom is -0.488 e. The maximum atomic E-state index is 12.9. The normalized spacial score (nSPS) is 10.2. The predicted octanol–water partition coefficient (Wildman–Crippen LogP) is 2.85. The zero-order chi connectivity index (χ0) is 13.0. The quantitative estimate of drug-likeness (QED) is 0.673. The number of rotatable bonds is 4. The van der Waals surface area contributed by atoms with Gasteiger partial charge in [0, 0.05) is 11.8 Å². The average molecular weight is 312 g/mol. The Hall–Kier alpha value is -1.66. The summed E-state index contributed by atoms with van der Waals surface area (Å²) in [5, 5.41) is 0. The number of nitrogen functional groups attached to an aromatic ring is 1. The van der Waals surface area contributed by atoms with Gasteiger partial charge in [-0.15, -0.1) is 0 Å². The monoisotopic (exact) mass is 311 g/mol. The molecule has 4 nitrogen and oxygen atoms in total. The van der Waals surface area contributed by atoms with E-state index < -0.39 is 0 Å². The van der Waals surface area contributed by atoms with Gasteiger partial charge in [-0.1, -0.05) is 6.07 Å². The third-order valence-electron chi connectivity index (χ3n) is 2.26. The van der Waals surface area contributed by atoms with Crippen LogP contribution in [-0.2, 0) is 6.61 Å². The first-order chi connectivity index (χ1) is 8.69. The maximum absolute atomic E-state index is 12.9. The van der Waals surface area contributed by atoms with Crippen LogP contribution in [0, 0.1) is 5.82 Å². The Bertz CT molecular complexity index is 533. The van der Waals surface area contributed by atoms with E-state index in [0.29, 0.717) is 22.6 Å². The smallest absolute Gasteiger partial charge is 0.139 e. The summed E-state index contributed by atoms with van der Waals surface area (Å²) in [5.74, 6) is 6.07. The van der Waals surface area contributed by atoms with E-state index in [4.69, 9.17) is 10.6 Å². The second-order valence-corrected chi connectivity index (χ2v) is 4.41. The third-order valence-corrected chi connectivity index (χ3v) is 2.88. The van der Waals surface area contributed by atoms with Gasteiger partial charge in [-0.05, 0) is 40.2 Å². The molecule has 0 bridgehead atoms. The lowest BCUT2D eigenvalue weighted by Crippen LogP contribution is -2.08. The Balaban J connectivity index is 2.02. The number of aromatic nitrogens is 1. The lowest BCUT2D eigenvalue weighted by Gasteiger charge is -2.08. The summed E-state index contributed by atoms with van der Waals surface area (Å²) < 4.78 is 19.0. The zero-order valence-electron chi connectivity index (χ0n) is 9.36. The molecule has 2 rings (SSSR count). The number of hydrogen-bond donors (Lipinski definition) is 2. The van der Waals surface area contributed by atoms with Crippen LogP contribution in [-0.4, -0.2) is 4.98 Å². The molecule has 0 aliphatic heterocycles. The highest BCUT2D eigenvalue weighted by Gasteiger charge is 2.03. The van der Waals surface area contributed by atoms with Crippen LogP contribution in [0.1, 0.15) is 5.56 Å². The molecule has 0 unspecified atom stereocenters. The van der Waals surface area contributed by atoms with E-state index in [1.54, 1.807) is 18.3 Å². The van der Waals surface area contributed by atoms with Crippen LogP contribution in [0.5, 0.6) is 5.75 Å². The molecular weight excluding hydrogens is 301 g/mol. The predicted molar refractivity (Wildman–Crippen MR) is 70.5 cm³/mol. The van der Waals surface area contributed by atoms with Crippen LogP contribution >= 0.6 is 15.9 Å². The van der Waals surface area contributed by atoms with Crippen molar-refractivity contribution in [2.75, 3.05) is 5.43 Å². The van der Waals surface area contributed by atoms with Crippen molar-refractivity contribution < 1.29 is 9.13 Å². The van der Waals surface area contributed by atoms with Crippen LogP contribution in [0.4, 0.5) is 10.2 Å². The zero-order valence-corrected chi connectivity index (χ0v) is 10.9. The van der Waals surface area contributed by atoms with E-state index in [-0.39, 0.29) is 5.82 Å². The first kappa shape index (κ1) is 12.8. The van der Waals surface area contributed by atoms with E-state index in [1.165, 1.54) is 12.1 Å². The van der Waals surface area contributed by atoms with Crippen molar-refractivity contribution in [1.29, 1.82) is 0 Å². The summed E-state index contributed by atoms with van der Waals surface area (Å²) in [7, 11) is 0. The first-order valence-corrected chi connectivity index (χ1v) is 5.98. The van der Waals surface area contributed by atoms with Crippen molar-refractivity contribution in [2.24, 2.45) is 5.84 Å². The summed E-state index contributed by atoms with van der Waals surface area (Å²) >= 11 is 3.24. The van der Waals surface area contributed by atoms with E-state index in [0.717, 1.165) is 5.56 Å². The largest absolute Gasteiger partial charge is 0.488 e. The molecule has 0 radical (unpaired) electrons. The summed E-state index contributed by atoms with van der Waals surface area (Å²) in [5.41, 5.74) is 3.34. The van der Waals surface area contributed by atoms with Crippen molar-refractivity contribution >= 4 is 21.7 Å². The van der Waals surface area contributed by atoms with Crippen molar-refractivity contribution in [3.63, 3.8) is 0 Å². The van der Waals surface area contributed by atoms with Crippen molar-refractivity contribution in [3.05, 3.63) is 52.4 Å². The van der Waals surface area contributed by atoms with Gasteiger partial charge in [0.05, 0.1) is 4.47 Å². The molecule has 1 aromatic heterocycles. The Morgan fingerprint density at radius 1 is 1.33 bits per heavy atom. The van der Waals surface area contributed by atoms with Crippen LogP contribution in [0.25, 0.3) is 0 Å². The summed E-state index contributed by atoms with van der Waals surface area (Å²) in [4.78, 5) is 4.06. The molecule has 0 spiro atoms. The molecule has 0 saturated carbocycles. The number of hydrazine groups is 1. The third kappa shape index (κ3) is 3.18. The lowest BCUT2D eigenvalue weighted by molar-refractivity contribution is 0.303. The topological polar surface area (TPSA) is 60.2 Å². The van der Waals surface area contributed by atoms with Gasteiger partial charge in [-0.3, -0.25) is 0 Å². The van der Waals surface area contributed by atoms with Gasteiger partial charge in [0.25, 0.3) is 0 Å². The molecule has 6 heteroatoms. The summed E-state index contributed by atoms with van der Waals surface area (Å²) in [6, 6.07) is 7.87. The molecule has 1 heterocycles. The average Bonchev–Trinajstić information content (AvgIpc) is 2.38. The molecule has 0 atom stereocenters. The number of halogens is 2. The second-order valence-electron chi connectivity index (χ2n) is 3.56. The van der Waals surface area contributed by atoms with Crippen molar-refractivity contribution in [3.8, 4) is 5.75 Å². The molecule has 0 aliphatic carbocycles. The number of nitrogens with one attached hydrogen (secondary N) is 1. The standard InChI is InChI=1S/C12H11BrFN3O/c13-10-5-9(14)2-3-11(10)18-7-8-1-4-12(17-15)16-6-8/h1-6H,7,15H2,(H,16,17). The fourth-order valence-electron chi connectivity index (χ4n) is 1.35. The number of benzene rings is 1. The van der Waals surface area contributed by atoms with Crippen molar-refractivity contribution in [2.45, 2.75) is 6.61 Å². The van der Waals surface area contributed by atoms with Crippen LogP contribution in [0.2, 0.25) is 0 Å². The molecule has 1 aromatic carbocycles. The Labute approximate surface area is 112 Å². The number of anilines is 1. The number of hydrogen-bond acceptors (Lipinski definition) is 4. The van der Waals surface area contributed by atoms with Crippen LogP contribution in [0.15, 0.2) is 41.0 Å². The molecule has 0 amide bonds. The second kappa shape index (κ2) is 5.79. The van der Waals surface area contributed by atoms with Crippen molar-refractivity contribution in [1.82, 2.24) is 4.98 Å². The Kier molecular flexibility index (Phi) is 4.11. The van der Waals surface area contributed by atoms with Gasteiger partial charge in [0.1, 0.15) is 24.0 Å². The van der Waals surface area contributed by atoms with Gasteiger partial charge < -0.3 is 10.2 Å². The molecule has 18 heavy (non-hydrogen) atoms. The highest BCUT2D eigenvalue weighted by Crippen LogP contribution is 2.26. The SMILES string of the molecule is NNc1ccc(COc2ccc(F)cc2Br)cn1. The summed E-state index contributed by atoms with van der Waals surface area (Å²) in [6.07, 6.45) is 1.66. The number of nitrogens with zero attached hydrogens (tertiary/aromatic N) is 1. The highest BCUT2D eigenvalue weighted by molar-refractivity contribution is 9.10. The van der Waals surface area contributed by atoms with E-state index in [9.17, 15) is 4.39 Å². The highest BCUT2D eigenvalue weighted by atomic mass is 79.9. The van der Waals surface area contributed by atoms with Gasteiger partial charge in [-0.25, -0.2) is 15.2 Å². The number of ether oxygens (including phenoxy) is 1. The maximum Gasteiger partial charge on any atom is 0.139 e. The van der Waals surface area contributed by atoms with Crippen LogP contribution < -0.4 is 16.0 Å². The minimum absolute atomic E-state index is 0.311.